The molecule has 166 valence electrons. The number of amides is 2. The minimum atomic E-state index is -0.419. The Morgan fingerprint density at radius 3 is 2.47 bits per heavy atom. The Morgan fingerprint density at radius 2 is 1.80 bits per heavy atom. The van der Waals surface area contributed by atoms with Crippen LogP contribution in [0.3, 0.4) is 0 Å². The van der Waals surface area contributed by atoms with Crippen LogP contribution in [0, 0.1) is 12.8 Å². The molecular weight excluding hydrogens is 400 g/mol. The summed E-state index contributed by atoms with van der Waals surface area (Å²) in [7, 11) is 0. The van der Waals surface area contributed by atoms with Crippen LogP contribution in [0.1, 0.15) is 50.5 Å². The number of carbonyl (C=O) groups is 2. The van der Waals surface area contributed by atoms with Gasteiger partial charge in [-0.05, 0) is 69.2 Å². The molecule has 6 nitrogen and oxygen atoms in total. The summed E-state index contributed by atoms with van der Waals surface area (Å²) < 4.78 is 0. The molecule has 1 aliphatic carbocycles. The number of anilines is 1. The zero-order chi connectivity index (χ0) is 21.5. The van der Waals surface area contributed by atoms with Gasteiger partial charge in [-0.15, -0.1) is 0 Å². The van der Waals surface area contributed by atoms with Crippen LogP contribution in [0.4, 0.5) is 5.69 Å². The number of nitrogens with two attached hydrogens (primary N) is 1. The maximum atomic E-state index is 11.9. The van der Waals surface area contributed by atoms with Gasteiger partial charge in [-0.25, -0.2) is 0 Å². The van der Waals surface area contributed by atoms with Gasteiger partial charge in [0.25, 0.3) is 0 Å². The van der Waals surface area contributed by atoms with Gasteiger partial charge < -0.3 is 16.0 Å². The van der Waals surface area contributed by atoms with E-state index in [4.69, 9.17) is 17.3 Å². The number of benzene rings is 1. The number of aryl methyl sites for hydroxylation is 1. The van der Waals surface area contributed by atoms with Gasteiger partial charge >= 0.3 is 0 Å². The van der Waals surface area contributed by atoms with Crippen molar-refractivity contribution in [3.8, 4) is 0 Å². The van der Waals surface area contributed by atoms with Gasteiger partial charge in [-0.3, -0.25) is 14.5 Å². The van der Waals surface area contributed by atoms with E-state index in [0.717, 1.165) is 56.5 Å². The summed E-state index contributed by atoms with van der Waals surface area (Å²) >= 11 is 6.19. The van der Waals surface area contributed by atoms with E-state index in [2.05, 4.69) is 34.2 Å². The lowest BCUT2D eigenvalue weighted by Gasteiger charge is -2.38. The van der Waals surface area contributed by atoms with Gasteiger partial charge in [0.2, 0.25) is 11.8 Å². The highest BCUT2D eigenvalue weighted by Crippen LogP contribution is 2.28. The Morgan fingerprint density at radius 1 is 1.10 bits per heavy atom. The normalized spacial score (nSPS) is 22.7. The van der Waals surface area contributed by atoms with Gasteiger partial charge in [0.05, 0.1) is 0 Å². The molecule has 0 radical (unpaired) electrons. The fourth-order valence-corrected chi connectivity index (χ4v) is 4.80. The van der Waals surface area contributed by atoms with E-state index in [1.807, 2.05) is 6.07 Å². The van der Waals surface area contributed by atoms with E-state index in [1.54, 1.807) is 0 Å². The van der Waals surface area contributed by atoms with Crippen LogP contribution in [0.15, 0.2) is 18.2 Å². The van der Waals surface area contributed by atoms with Crippen molar-refractivity contribution in [2.75, 3.05) is 37.6 Å². The second-order valence-electron chi connectivity index (χ2n) is 8.80. The first-order valence-corrected chi connectivity index (χ1v) is 11.6. The van der Waals surface area contributed by atoms with Gasteiger partial charge in [0.1, 0.15) is 0 Å². The van der Waals surface area contributed by atoms with Gasteiger partial charge in [0, 0.05) is 55.8 Å². The summed E-state index contributed by atoms with van der Waals surface area (Å²) in [5.74, 6) is 0.277. The molecule has 1 heterocycles. The Kier molecular flexibility index (Phi) is 8.40. The number of rotatable bonds is 8. The molecule has 30 heavy (non-hydrogen) atoms. The zero-order valence-corrected chi connectivity index (χ0v) is 18.8. The molecule has 1 aliphatic heterocycles. The van der Waals surface area contributed by atoms with Crippen LogP contribution in [0.2, 0.25) is 5.02 Å². The number of halogens is 1. The van der Waals surface area contributed by atoms with Crippen molar-refractivity contribution in [2.24, 2.45) is 11.7 Å². The minimum absolute atomic E-state index is 0.0509. The molecule has 0 aromatic heterocycles. The lowest BCUT2D eigenvalue weighted by Crippen LogP contribution is -2.47. The fourth-order valence-electron chi connectivity index (χ4n) is 4.63. The lowest BCUT2D eigenvalue weighted by atomic mass is 9.84. The molecule has 2 amide bonds. The number of hydrogen-bond acceptors (Lipinski definition) is 4. The molecule has 0 unspecified atom stereocenters. The molecule has 1 aromatic rings. The Labute approximate surface area is 185 Å². The Balaban J connectivity index is 1.32. The maximum Gasteiger partial charge on any atom is 0.220 e. The van der Waals surface area contributed by atoms with Gasteiger partial charge in [-0.1, -0.05) is 17.7 Å². The number of nitrogens with one attached hydrogen (secondary N) is 1. The first kappa shape index (κ1) is 22.9. The highest BCUT2D eigenvalue weighted by molar-refractivity contribution is 6.30. The smallest absolute Gasteiger partial charge is 0.220 e. The molecule has 1 saturated carbocycles. The Bertz CT molecular complexity index is 726. The van der Waals surface area contributed by atoms with Crippen LogP contribution in [0.25, 0.3) is 0 Å². The molecule has 3 N–H and O–H groups in total. The van der Waals surface area contributed by atoms with E-state index in [9.17, 15) is 9.59 Å². The monoisotopic (exact) mass is 434 g/mol. The SMILES string of the molecule is Cc1ccc(Cl)cc1N1CCN(CC[C@H]2CC[C@H](NC(=O)CCC(N)=O)CC2)CC1. The number of carbonyl (C=O) groups excluding carboxylic acids is 2. The third kappa shape index (κ3) is 6.88. The fraction of sp³-hybridized carbons (Fsp3) is 0.652. The average Bonchev–Trinajstić information content (AvgIpc) is 2.74. The van der Waals surface area contributed by atoms with Crippen molar-refractivity contribution in [2.45, 2.75) is 57.9 Å². The second kappa shape index (κ2) is 11.0. The lowest BCUT2D eigenvalue weighted by molar-refractivity contribution is -0.125. The third-order valence-corrected chi connectivity index (χ3v) is 6.78. The zero-order valence-electron chi connectivity index (χ0n) is 18.0. The maximum absolute atomic E-state index is 11.9. The van der Waals surface area contributed by atoms with Crippen molar-refractivity contribution >= 4 is 29.1 Å². The van der Waals surface area contributed by atoms with Crippen molar-refractivity contribution < 1.29 is 9.59 Å². The first-order chi connectivity index (χ1) is 14.4. The highest BCUT2D eigenvalue weighted by atomic mass is 35.5. The summed E-state index contributed by atoms with van der Waals surface area (Å²) in [5.41, 5.74) is 7.65. The summed E-state index contributed by atoms with van der Waals surface area (Å²) in [6, 6.07) is 6.39. The summed E-state index contributed by atoms with van der Waals surface area (Å²) in [6.45, 7) is 7.59. The molecule has 2 aliphatic rings. The standard InChI is InChI=1S/C23H35ClN4O2/c1-17-2-5-19(24)16-21(17)28-14-12-27(13-15-28)11-10-18-3-6-20(7-4-18)26-23(30)9-8-22(25)29/h2,5,16,18,20H,3-4,6-15H2,1H3,(H2,25,29)(H,26,30)/t18-,20-. The summed E-state index contributed by atoms with van der Waals surface area (Å²) in [4.78, 5) is 27.7. The molecule has 7 heteroatoms. The van der Waals surface area contributed by atoms with Crippen molar-refractivity contribution in [1.29, 1.82) is 0 Å². The molecule has 3 rings (SSSR count). The predicted molar refractivity (Wildman–Crippen MR) is 122 cm³/mol. The first-order valence-electron chi connectivity index (χ1n) is 11.2. The average molecular weight is 435 g/mol. The topological polar surface area (TPSA) is 78.7 Å². The van der Waals surface area contributed by atoms with Gasteiger partial charge in [0.15, 0.2) is 0 Å². The molecular formula is C23H35ClN4O2. The molecule has 2 fully saturated rings. The summed E-state index contributed by atoms with van der Waals surface area (Å²) in [6.07, 6.45) is 5.98. The molecule has 0 spiro atoms. The number of primary amides is 1. The number of hydrogen-bond donors (Lipinski definition) is 2. The number of piperazine rings is 1. The van der Waals surface area contributed by atoms with Crippen LogP contribution < -0.4 is 16.0 Å². The molecule has 0 atom stereocenters. The number of nitrogens with zero attached hydrogens (tertiary/aromatic N) is 2. The van der Waals surface area contributed by atoms with E-state index >= 15 is 0 Å². The minimum Gasteiger partial charge on any atom is -0.370 e. The predicted octanol–water partition coefficient (Wildman–Crippen LogP) is 3.10. The molecule has 1 aromatic carbocycles. The van der Waals surface area contributed by atoms with Crippen LogP contribution >= 0.6 is 11.6 Å². The second-order valence-corrected chi connectivity index (χ2v) is 9.24. The molecule has 0 bridgehead atoms. The van der Waals surface area contributed by atoms with E-state index in [-0.39, 0.29) is 24.8 Å². The van der Waals surface area contributed by atoms with Gasteiger partial charge in [-0.2, -0.15) is 0 Å². The van der Waals surface area contributed by atoms with Crippen LogP contribution in [-0.2, 0) is 9.59 Å². The Hall–Kier alpha value is -1.79. The van der Waals surface area contributed by atoms with Crippen LogP contribution in [-0.4, -0.2) is 55.5 Å². The summed E-state index contributed by atoms with van der Waals surface area (Å²) in [5, 5.41) is 3.86. The van der Waals surface area contributed by atoms with E-state index in [1.165, 1.54) is 30.5 Å². The molecule has 1 saturated heterocycles. The largest absolute Gasteiger partial charge is 0.370 e. The van der Waals surface area contributed by atoms with E-state index in [0.29, 0.717) is 0 Å². The van der Waals surface area contributed by atoms with Crippen molar-refractivity contribution in [1.82, 2.24) is 10.2 Å². The van der Waals surface area contributed by atoms with Crippen molar-refractivity contribution in [3.63, 3.8) is 0 Å². The van der Waals surface area contributed by atoms with Crippen molar-refractivity contribution in [3.05, 3.63) is 28.8 Å². The van der Waals surface area contributed by atoms with E-state index < -0.39 is 5.91 Å². The highest BCUT2D eigenvalue weighted by Gasteiger charge is 2.24. The third-order valence-electron chi connectivity index (χ3n) is 6.55. The van der Waals surface area contributed by atoms with Crippen LogP contribution in [0.5, 0.6) is 0 Å². The quantitative estimate of drug-likeness (QED) is 0.658.